The molecule has 0 spiro atoms. The van der Waals surface area contributed by atoms with E-state index in [0.29, 0.717) is 31.2 Å². The number of benzene rings is 2. The number of nitrogens with zero attached hydrogens (tertiary/aromatic N) is 1. The molecule has 0 saturated heterocycles. The van der Waals surface area contributed by atoms with Crippen molar-refractivity contribution in [2.75, 3.05) is 0 Å². The van der Waals surface area contributed by atoms with Crippen LogP contribution in [0.1, 0.15) is 0 Å². The second-order valence-corrected chi connectivity index (χ2v) is 6.44. The molecule has 0 aliphatic rings. The van der Waals surface area contributed by atoms with E-state index in [9.17, 15) is 4.39 Å². The first-order chi connectivity index (χ1) is 11.0. The van der Waals surface area contributed by atoms with Crippen LogP contribution in [0, 0.1) is 5.82 Å². The van der Waals surface area contributed by atoms with Crippen LogP contribution >= 0.6 is 46.4 Å². The fourth-order valence-corrected chi connectivity index (χ4v) is 2.72. The van der Waals surface area contributed by atoms with Crippen molar-refractivity contribution in [3.05, 3.63) is 74.6 Å². The van der Waals surface area contributed by atoms with Gasteiger partial charge in [-0.1, -0.05) is 58.5 Å². The third-order valence-electron chi connectivity index (χ3n) is 3.29. The highest BCUT2D eigenvalue weighted by Gasteiger charge is 2.11. The maximum Gasteiger partial charge on any atom is 0.150 e. The second-order valence-electron chi connectivity index (χ2n) is 4.81. The zero-order valence-corrected chi connectivity index (χ0v) is 14.5. The van der Waals surface area contributed by atoms with Gasteiger partial charge in [-0.15, -0.1) is 0 Å². The molecular formula is C17H8Cl4FN. The lowest BCUT2D eigenvalue weighted by Gasteiger charge is -2.08. The van der Waals surface area contributed by atoms with E-state index >= 15 is 0 Å². The van der Waals surface area contributed by atoms with Crippen molar-refractivity contribution in [2.45, 2.75) is 0 Å². The van der Waals surface area contributed by atoms with Crippen LogP contribution in [0.15, 0.2) is 48.7 Å². The molecule has 1 aromatic heterocycles. The van der Waals surface area contributed by atoms with Crippen molar-refractivity contribution in [1.82, 2.24) is 4.98 Å². The van der Waals surface area contributed by atoms with Gasteiger partial charge >= 0.3 is 0 Å². The first-order valence-electron chi connectivity index (χ1n) is 6.52. The number of hydrogen-bond donors (Lipinski definition) is 0. The van der Waals surface area contributed by atoms with Gasteiger partial charge in [-0.2, -0.15) is 0 Å². The molecule has 0 saturated carbocycles. The standard InChI is InChI=1S/C17H8Cl4FN/c18-12-3-1-9(5-14(12)20)11-7-16(22)17(23-8-11)10-2-4-13(19)15(21)6-10/h1-8H. The molecular weight excluding hydrogens is 379 g/mol. The summed E-state index contributed by atoms with van der Waals surface area (Å²) >= 11 is 23.7. The molecule has 3 rings (SSSR count). The molecule has 0 atom stereocenters. The molecule has 2 aromatic carbocycles. The average Bonchev–Trinajstić information content (AvgIpc) is 2.53. The van der Waals surface area contributed by atoms with Gasteiger partial charge in [0.05, 0.1) is 20.1 Å². The first kappa shape index (κ1) is 16.5. The van der Waals surface area contributed by atoms with Gasteiger partial charge in [-0.3, -0.25) is 4.98 Å². The Hall–Kier alpha value is -1.32. The molecule has 0 aliphatic heterocycles. The summed E-state index contributed by atoms with van der Waals surface area (Å²) in [5, 5.41) is 1.59. The van der Waals surface area contributed by atoms with Crippen LogP contribution in [0.5, 0.6) is 0 Å². The van der Waals surface area contributed by atoms with E-state index in [1.165, 1.54) is 6.07 Å². The fourth-order valence-electron chi connectivity index (χ4n) is 2.13. The molecule has 23 heavy (non-hydrogen) atoms. The number of hydrogen-bond acceptors (Lipinski definition) is 1. The van der Waals surface area contributed by atoms with E-state index in [4.69, 9.17) is 46.4 Å². The highest BCUT2D eigenvalue weighted by molar-refractivity contribution is 6.42. The molecule has 6 heteroatoms. The summed E-state index contributed by atoms with van der Waals surface area (Å²) in [5.41, 5.74) is 2.08. The molecule has 1 heterocycles. The van der Waals surface area contributed by atoms with Crippen molar-refractivity contribution in [2.24, 2.45) is 0 Å². The predicted octanol–water partition coefficient (Wildman–Crippen LogP) is 7.17. The summed E-state index contributed by atoms with van der Waals surface area (Å²) in [6.45, 7) is 0. The van der Waals surface area contributed by atoms with Crippen LogP contribution in [0.25, 0.3) is 22.4 Å². The highest BCUT2D eigenvalue weighted by atomic mass is 35.5. The molecule has 0 radical (unpaired) electrons. The zero-order valence-electron chi connectivity index (χ0n) is 11.5. The first-order valence-corrected chi connectivity index (χ1v) is 8.03. The van der Waals surface area contributed by atoms with E-state index in [1.54, 1.807) is 42.6 Å². The molecule has 0 unspecified atom stereocenters. The summed E-state index contributed by atoms with van der Waals surface area (Å²) in [4.78, 5) is 4.19. The van der Waals surface area contributed by atoms with Crippen LogP contribution < -0.4 is 0 Å². The predicted molar refractivity (Wildman–Crippen MR) is 95.1 cm³/mol. The monoisotopic (exact) mass is 385 g/mol. The highest BCUT2D eigenvalue weighted by Crippen LogP contribution is 2.32. The summed E-state index contributed by atoms with van der Waals surface area (Å²) in [7, 11) is 0. The van der Waals surface area contributed by atoms with Gasteiger partial charge in [0.1, 0.15) is 11.5 Å². The van der Waals surface area contributed by atoms with Gasteiger partial charge in [0.15, 0.2) is 0 Å². The number of halogens is 5. The lowest BCUT2D eigenvalue weighted by Crippen LogP contribution is -1.91. The van der Waals surface area contributed by atoms with Crippen molar-refractivity contribution in [1.29, 1.82) is 0 Å². The summed E-state index contributed by atoms with van der Waals surface area (Å²) in [6.07, 6.45) is 1.57. The van der Waals surface area contributed by atoms with Crippen molar-refractivity contribution >= 4 is 46.4 Å². The van der Waals surface area contributed by atoms with E-state index < -0.39 is 5.82 Å². The molecule has 0 amide bonds. The van der Waals surface area contributed by atoms with Gasteiger partial charge in [0.25, 0.3) is 0 Å². The Labute approximate surface area is 152 Å². The average molecular weight is 387 g/mol. The van der Waals surface area contributed by atoms with Crippen LogP contribution in [0.2, 0.25) is 20.1 Å². The largest absolute Gasteiger partial charge is 0.253 e. The smallest absolute Gasteiger partial charge is 0.150 e. The quantitative estimate of drug-likeness (QED) is 0.454. The van der Waals surface area contributed by atoms with Crippen molar-refractivity contribution < 1.29 is 4.39 Å². The second kappa shape index (κ2) is 6.66. The molecule has 0 bridgehead atoms. The normalized spacial score (nSPS) is 10.8. The van der Waals surface area contributed by atoms with Crippen molar-refractivity contribution in [3.63, 3.8) is 0 Å². The van der Waals surface area contributed by atoms with E-state index in [1.807, 2.05) is 0 Å². The molecule has 0 aliphatic carbocycles. The minimum atomic E-state index is -0.466. The minimum Gasteiger partial charge on any atom is -0.253 e. The Bertz CT molecular complexity index is 896. The summed E-state index contributed by atoms with van der Waals surface area (Å²) in [5.74, 6) is -0.466. The molecule has 0 N–H and O–H groups in total. The molecule has 1 nitrogen and oxygen atoms in total. The summed E-state index contributed by atoms with van der Waals surface area (Å²) in [6, 6.07) is 11.3. The van der Waals surface area contributed by atoms with Crippen LogP contribution in [0.4, 0.5) is 4.39 Å². The number of pyridine rings is 1. The third-order valence-corrected chi connectivity index (χ3v) is 4.77. The Kier molecular flexibility index (Phi) is 4.79. The van der Waals surface area contributed by atoms with Gasteiger partial charge in [0.2, 0.25) is 0 Å². The lowest BCUT2D eigenvalue weighted by molar-refractivity contribution is 0.626. The van der Waals surface area contributed by atoms with Gasteiger partial charge < -0.3 is 0 Å². The van der Waals surface area contributed by atoms with E-state index in [0.717, 1.165) is 5.56 Å². The van der Waals surface area contributed by atoms with E-state index in [-0.39, 0.29) is 5.69 Å². The van der Waals surface area contributed by atoms with Gasteiger partial charge in [-0.25, -0.2) is 4.39 Å². The minimum absolute atomic E-state index is 0.201. The van der Waals surface area contributed by atoms with E-state index in [2.05, 4.69) is 4.98 Å². The number of rotatable bonds is 2. The Balaban J connectivity index is 2.03. The SMILES string of the molecule is Fc1cc(-c2ccc(Cl)c(Cl)c2)cnc1-c1ccc(Cl)c(Cl)c1. The lowest BCUT2D eigenvalue weighted by atomic mass is 10.1. The Morgan fingerprint density at radius 3 is 1.78 bits per heavy atom. The number of aromatic nitrogens is 1. The summed E-state index contributed by atoms with van der Waals surface area (Å²) < 4.78 is 14.4. The van der Waals surface area contributed by atoms with Crippen molar-refractivity contribution in [3.8, 4) is 22.4 Å². The van der Waals surface area contributed by atoms with Crippen LogP contribution in [0.3, 0.4) is 0 Å². The fraction of sp³-hybridized carbons (Fsp3) is 0. The molecule has 3 aromatic rings. The van der Waals surface area contributed by atoms with Gasteiger partial charge in [0, 0.05) is 17.3 Å². The van der Waals surface area contributed by atoms with Crippen LogP contribution in [-0.2, 0) is 0 Å². The molecule has 0 fully saturated rings. The van der Waals surface area contributed by atoms with Crippen LogP contribution in [-0.4, -0.2) is 4.98 Å². The maximum atomic E-state index is 14.4. The Morgan fingerprint density at radius 1 is 0.652 bits per heavy atom. The molecule has 116 valence electrons. The Morgan fingerprint density at radius 2 is 1.22 bits per heavy atom. The maximum absolute atomic E-state index is 14.4. The zero-order chi connectivity index (χ0) is 16.6. The topological polar surface area (TPSA) is 12.9 Å². The van der Waals surface area contributed by atoms with Gasteiger partial charge in [-0.05, 0) is 35.9 Å². The third kappa shape index (κ3) is 3.46.